The Kier molecular flexibility index (Phi) is 10.8. The van der Waals surface area contributed by atoms with Crippen LogP contribution in [0.2, 0.25) is 0 Å². The number of rotatable bonds is 11. The zero-order chi connectivity index (χ0) is 15.4. The number of oxime groups is 1. The molecule has 0 saturated carbocycles. The summed E-state index contributed by atoms with van der Waals surface area (Å²) in [6.45, 7) is 7.19. The fraction of sp³-hybridized carbons (Fsp3) is 0.867. The van der Waals surface area contributed by atoms with E-state index in [2.05, 4.69) is 12.1 Å². The second-order valence-corrected chi connectivity index (χ2v) is 5.38. The molecule has 5 heteroatoms. The highest BCUT2D eigenvalue weighted by molar-refractivity contribution is 5.83. The molecule has 0 spiro atoms. The van der Waals surface area contributed by atoms with Gasteiger partial charge in [-0.1, -0.05) is 51.1 Å². The van der Waals surface area contributed by atoms with Gasteiger partial charge in [0.25, 0.3) is 0 Å². The highest BCUT2D eigenvalue weighted by Crippen LogP contribution is 2.09. The van der Waals surface area contributed by atoms with Gasteiger partial charge < -0.3 is 15.8 Å². The molecular weight excluding hydrogens is 254 g/mol. The summed E-state index contributed by atoms with van der Waals surface area (Å²) in [5.41, 5.74) is 5.55. The van der Waals surface area contributed by atoms with Gasteiger partial charge in [0, 0.05) is 25.4 Å². The molecule has 1 unspecified atom stereocenters. The van der Waals surface area contributed by atoms with Crippen LogP contribution in [0.3, 0.4) is 0 Å². The van der Waals surface area contributed by atoms with Crippen molar-refractivity contribution < 1.29 is 10.0 Å². The molecule has 1 amide bonds. The van der Waals surface area contributed by atoms with E-state index >= 15 is 0 Å². The lowest BCUT2D eigenvalue weighted by Gasteiger charge is -2.24. The van der Waals surface area contributed by atoms with Crippen LogP contribution in [0.5, 0.6) is 0 Å². The molecule has 0 aromatic heterocycles. The molecule has 1 atom stereocenters. The first kappa shape index (κ1) is 18.7. The van der Waals surface area contributed by atoms with Gasteiger partial charge >= 0.3 is 0 Å². The molecular formula is C15H31N3O2. The molecule has 0 radical (unpaired) electrons. The van der Waals surface area contributed by atoms with E-state index in [1.165, 1.54) is 25.7 Å². The zero-order valence-corrected chi connectivity index (χ0v) is 13.3. The monoisotopic (exact) mass is 285 g/mol. The number of carbonyl (C=O) groups excluding carboxylic acids is 1. The number of nitrogens with zero attached hydrogens (tertiary/aromatic N) is 2. The minimum atomic E-state index is -0.117. The maximum Gasteiger partial charge on any atom is 0.222 e. The molecule has 3 N–H and O–H groups in total. The molecule has 0 aliphatic rings. The second kappa shape index (κ2) is 11.6. The van der Waals surface area contributed by atoms with Crippen molar-refractivity contribution in [1.82, 2.24) is 4.90 Å². The number of amides is 1. The van der Waals surface area contributed by atoms with Gasteiger partial charge in [0.1, 0.15) is 5.84 Å². The lowest BCUT2D eigenvalue weighted by atomic mass is 10.1. The Hall–Kier alpha value is -1.26. The van der Waals surface area contributed by atoms with Gasteiger partial charge in [-0.3, -0.25) is 4.79 Å². The Morgan fingerprint density at radius 1 is 1.20 bits per heavy atom. The highest BCUT2D eigenvalue weighted by atomic mass is 16.4. The third-order valence-electron chi connectivity index (χ3n) is 3.59. The van der Waals surface area contributed by atoms with Crippen LogP contribution in [0.4, 0.5) is 0 Å². The third-order valence-corrected chi connectivity index (χ3v) is 3.59. The Morgan fingerprint density at radius 3 is 2.35 bits per heavy atom. The summed E-state index contributed by atoms with van der Waals surface area (Å²) in [5, 5.41) is 11.6. The van der Waals surface area contributed by atoms with E-state index in [0.717, 1.165) is 12.8 Å². The molecule has 118 valence electrons. The Bertz CT molecular complexity index is 293. The molecule has 0 heterocycles. The predicted molar refractivity (Wildman–Crippen MR) is 82.8 cm³/mol. The third kappa shape index (κ3) is 8.02. The van der Waals surface area contributed by atoms with E-state index in [0.29, 0.717) is 19.5 Å². The first-order valence-corrected chi connectivity index (χ1v) is 7.81. The number of hydrogen-bond acceptors (Lipinski definition) is 3. The van der Waals surface area contributed by atoms with Gasteiger partial charge in [0.05, 0.1) is 0 Å². The number of amidine groups is 1. The molecule has 0 fully saturated rings. The first-order valence-electron chi connectivity index (χ1n) is 7.81. The lowest BCUT2D eigenvalue weighted by Crippen LogP contribution is -2.38. The maximum atomic E-state index is 12.1. The zero-order valence-electron chi connectivity index (χ0n) is 13.3. The predicted octanol–water partition coefficient (Wildman–Crippen LogP) is 2.97. The van der Waals surface area contributed by atoms with E-state index in [-0.39, 0.29) is 17.7 Å². The van der Waals surface area contributed by atoms with Crippen LogP contribution in [0.1, 0.15) is 65.7 Å². The molecule has 0 aliphatic heterocycles. The number of unbranched alkanes of at least 4 members (excludes halogenated alkanes) is 5. The highest BCUT2D eigenvalue weighted by Gasteiger charge is 2.16. The summed E-state index contributed by atoms with van der Waals surface area (Å²) in [4.78, 5) is 13.9. The van der Waals surface area contributed by atoms with Crippen molar-refractivity contribution in [1.29, 1.82) is 0 Å². The van der Waals surface area contributed by atoms with Gasteiger partial charge in [-0.2, -0.15) is 0 Å². The normalized spacial score (nSPS) is 13.2. The quantitative estimate of drug-likeness (QED) is 0.201. The van der Waals surface area contributed by atoms with Gasteiger partial charge in [0.2, 0.25) is 5.91 Å². The summed E-state index contributed by atoms with van der Waals surface area (Å²) < 4.78 is 0. The summed E-state index contributed by atoms with van der Waals surface area (Å²) >= 11 is 0. The molecule has 5 nitrogen and oxygen atoms in total. The first-order chi connectivity index (χ1) is 9.56. The van der Waals surface area contributed by atoms with Gasteiger partial charge in [-0.15, -0.1) is 0 Å². The smallest absolute Gasteiger partial charge is 0.222 e. The van der Waals surface area contributed by atoms with Crippen molar-refractivity contribution in [3.05, 3.63) is 0 Å². The number of hydrogen-bond donors (Lipinski definition) is 2. The SMILES string of the molecule is CCCCCCCCC(=O)N(CC)CC(C)C(N)=NO. The molecule has 0 aromatic carbocycles. The minimum Gasteiger partial charge on any atom is -0.409 e. The maximum absolute atomic E-state index is 12.1. The molecule has 0 aliphatic carbocycles. The summed E-state index contributed by atoms with van der Waals surface area (Å²) in [7, 11) is 0. The van der Waals surface area contributed by atoms with E-state index in [4.69, 9.17) is 10.9 Å². The summed E-state index contributed by atoms with van der Waals surface area (Å²) in [6, 6.07) is 0. The van der Waals surface area contributed by atoms with Crippen LogP contribution in [0, 0.1) is 5.92 Å². The molecule has 0 bridgehead atoms. The standard InChI is InChI=1S/C15H31N3O2/c1-4-6-7-8-9-10-11-14(19)18(5-2)12-13(3)15(16)17-20/h13,20H,4-12H2,1-3H3,(H2,16,17). The van der Waals surface area contributed by atoms with E-state index in [1.807, 2.05) is 13.8 Å². The van der Waals surface area contributed by atoms with Crippen molar-refractivity contribution in [3.8, 4) is 0 Å². The fourth-order valence-electron chi connectivity index (χ4n) is 2.14. The van der Waals surface area contributed by atoms with Gasteiger partial charge in [-0.05, 0) is 13.3 Å². The minimum absolute atomic E-state index is 0.117. The summed E-state index contributed by atoms with van der Waals surface area (Å²) in [6.07, 6.45) is 7.69. The van der Waals surface area contributed by atoms with E-state index < -0.39 is 0 Å². The van der Waals surface area contributed by atoms with Crippen molar-refractivity contribution in [2.24, 2.45) is 16.8 Å². The molecule has 0 rings (SSSR count). The van der Waals surface area contributed by atoms with Crippen molar-refractivity contribution >= 4 is 11.7 Å². The van der Waals surface area contributed by atoms with Crippen LogP contribution in [0.15, 0.2) is 5.16 Å². The van der Waals surface area contributed by atoms with Crippen molar-refractivity contribution in [2.45, 2.75) is 65.7 Å². The number of nitrogens with two attached hydrogens (primary N) is 1. The van der Waals surface area contributed by atoms with Crippen molar-refractivity contribution in [3.63, 3.8) is 0 Å². The topological polar surface area (TPSA) is 78.9 Å². The van der Waals surface area contributed by atoms with Gasteiger partial charge in [0.15, 0.2) is 0 Å². The van der Waals surface area contributed by atoms with Crippen LogP contribution in [-0.4, -0.2) is 34.9 Å². The molecule has 0 aromatic rings. The Balaban J connectivity index is 3.97. The van der Waals surface area contributed by atoms with Crippen LogP contribution in [-0.2, 0) is 4.79 Å². The van der Waals surface area contributed by atoms with E-state index in [1.54, 1.807) is 4.90 Å². The average molecular weight is 285 g/mol. The van der Waals surface area contributed by atoms with Crippen molar-refractivity contribution in [2.75, 3.05) is 13.1 Å². The Morgan fingerprint density at radius 2 is 1.80 bits per heavy atom. The molecule has 20 heavy (non-hydrogen) atoms. The lowest BCUT2D eigenvalue weighted by molar-refractivity contribution is -0.131. The number of carbonyl (C=O) groups is 1. The molecule has 0 saturated heterocycles. The average Bonchev–Trinajstić information content (AvgIpc) is 2.46. The fourth-order valence-corrected chi connectivity index (χ4v) is 2.14. The van der Waals surface area contributed by atoms with Crippen LogP contribution in [0.25, 0.3) is 0 Å². The van der Waals surface area contributed by atoms with Gasteiger partial charge in [-0.25, -0.2) is 0 Å². The van der Waals surface area contributed by atoms with Crippen LogP contribution < -0.4 is 5.73 Å². The largest absolute Gasteiger partial charge is 0.409 e. The van der Waals surface area contributed by atoms with Crippen LogP contribution >= 0.6 is 0 Å². The summed E-state index contributed by atoms with van der Waals surface area (Å²) in [5.74, 6) is 0.227. The second-order valence-electron chi connectivity index (χ2n) is 5.38. The Labute approximate surface area is 123 Å². The van der Waals surface area contributed by atoms with E-state index in [9.17, 15) is 4.79 Å².